The summed E-state index contributed by atoms with van der Waals surface area (Å²) >= 11 is 1.77. The molecule has 2 nitrogen and oxygen atoms in total. The van der Waals surface area contributed by atoms with Gasteiger partial charge in [0, 0.05) is 33.4 Å². The maximum atomic E-state index is 4.67. The number of hydrogen-bond acceptors (Lipinski definition) is 2. The Kier molecular flexibility index (Phi) is 2.02. The number of aromatic nitrogens is 2. The third kappa shape index (κ3) is 1.38. The van der Waals surface area contributed by atoms with Crippen LogP contribution in [0.2, 0.25) is 0 Å². The maximum absolute atomic E-state index is 4.67. The van der Waals surface area contributed by atoms with Crippen LogP contribution in [0, 0.1) is 0 Å². The first kappa shape index (κ1) is 9.85. The van der Waals surface area contributed by atoms with Crippen molar-refractivity contribution < 1.29 is 0 Å². The van der Waals surface area contributed by atoms with E-state index in [-0.39, 0.29) is 0 Å². The van der Waals surface area contributed by atoms with E-state index in [1.807, 2.05) is 24.4 Å². The van der Waals surface area contributed by atoms with Crippen LogP contribution in [0.25, 0.3) is 27.0 Å². The van der Waals surface area contributed by atoms with Crippen molar-refractivity contribution in [2.75, 3.05) is 0 Å². The van der Waals surface area contributed by atoms with Gasteiger partial charge in [-0.25, -0.2) is 4.98 Å². The van der Waals surface area contributed by atoms with Crippen molar-refractivity contribution in [2.24, 2.45) is 0 Å². The quantitative estimate of drug-likeness (QED) is 0.494. The fourth-order valence-corrected chi connectivity index (χ4v) is 3.20. The molecule has 3 heterocycles. The number of hydrogen-bond donors (Lipinski definition) is 0. The van der Waals surface area contributed by atoms with Crippen LogP contribution in [0.3, 0.4) is 0 Å². The highest BCUT2D eigenvalue weighted by Crippen LogP contribution is 2.33. The lowest BCUT2D eigenvalue weighted by atomic mass is 10.1. The number of thiophene rings is 1. The van der Waals surface area contributed by atoms with E-state index in [4.69, 9.17) is 0 Å². The first-order valence-corrected chi connectivity index (χ1v) is 6.70. The van der Waals surface area contributed by atoms with E-state index < -0.39 is 0 Å². The van der Waals surface area contributed by atoms with Crippen molar-refractivity contribution >= 4 is 27.1 Å². The number of nitrogens with zero attached hydrogens (tertiary/aromatic N) is 2. The zero-order valence-electron chi connectivity index (χ0n) is 9.58. The normalized spacial score (nSPS) is 11.3. The molecule has 0 saturated carbocycles. The van der Waals surface area contributed by atoms with Gasteiger partial charge >= 0.3 is 0 Å². The molecule has 0 aliphatic heterocycles. The number of rotatable bonds is 1. The highest BCUT2D eigenvalue weighted by Gasteiger charge is 2.09. The Hall–Kier alpha value is -2.13. The number of fused-ring (bicyclic) bond motifs is 2. The third-order valence-corrected chi connectivity index (χ3v) is 4.08. The van der Waals surface area contributed by atoms with Crippen LogP contribution in [0.15, 0.2) is 60.2 Å². The van der Waals surface area contributed by atoms with Crippen LogP contribution >= 0.6 is 11.3 Å². The van der Waals surface area contributed by atoms with Crippen molar-refractivity contribution in [1.82, 2.24) is 9.38 Å². The molecule has 0 radical (unpaired) electrons. The molecule has 0 unspecified atom stereocenters. The van der Waals surface area contributed by atoms with Crippen LogP contribution in [0.4, 0.5) is 0 Å². The van der Waals surface area contributed by atoms with Crippen LogP contribution in [-0.2, 0) is 0 Å². The standard InChI is InChI=1S/C15H10N2S/c1-2-6-14-11(5-1)12(10-18-14)13-9-17-8-4-3-7-15(17)16-13/h1-10H. The summed E-state index contributed by atoms with van der Waals surface area (Å²) in [7, 11) is 0. The van der Waals surface area contributed by atoms with Crippen molar-refractivity contribution in [2.45, 2.75) is 0 Å². The molecule has 0 bridgehead atoms. The summed E-state index contributed by atoms with van der Waals surface area (Å²) in [6, 6.07) is 14.5. The molecule has 3 aromatic heterocycles. The lowest BCUT2D eigenvalue weighted by Gasteiger charge is -1.92. The summed E-state index contributed by atoms with van der Waals surface area (Å²) in [4.78, 5) is 4.67. The van der Waals surface area contributed by atoms with Gasteiger partial charge in [-0.15, -0.1) is 11.3 Å². The van der Waals surface area contributed by atoms with Crippen molar-refractivity contribution in [3.05, 3.63) is 60.2 Å². The molecule has 18 heavy (non-hydrogen) atoms. The van der Waals surface area contributed by atoms with Gasteiger partial charge in [-0.2, -0.15) is 0 Å². The van der Waals surface area contributed by atoms with E-state index in [1.54, 1.807) is 11.3 Å². The van der Waals surface area contributed by atoms with Crippen molar-refractivity contribution in [3.8, 4) is 11.3 Å². The van der Waals surface area contributed by atoms with Crippen molar-refractivity contribution in [3.63, 3.8) is 0 Å². The Bertz CT molecular complexity index is 809. The van der Waals surface area contributed by atoms with E-state index in [9.17, 15) is 0 Å². The zero-order chi connectivity index (χ0) is 11.9. The first-order valence-electron chi connectivity index (χ1n) is 5.82. The Morgan fingerprint density at radius 3 is 2.83 bits per heavy atom. The Labute approximate surface area is 108 Å². The Morgan fingerprint density at radius 2 is 1.89 bits per heavy atom. The maximum Gasteiger partial charge on any atom is 0.137 e. The average molecular weight is 250 g/mol. The largest absolute Gasteiger partial charge is 0.306 e. The highest BCUT2D eigenvalue weighted by molar-refractivity contribution is 7.17. The molecule has 0 amide bonds. The summed E-state index contributed by atoms with van der Waals surface area (Å²) in [6.07, 6.45) is 4.12. The van der Waals surface area contributed by atoms with Crippen LogP contribution in [-0.4, -0.2) is 9.38 Å². The number of imidazole rings is 1. The molecule has 0 atom stereocenters. The fourth-order valence-electron chi connectivity index (χ4n) is 2.24. The van der Waals surface area contributed by atoms with Gasteiger partial charge in [0.2, 0.25) is 0 Å². The second-order valence-electron chi connectivity index (χ2n) is 4.24. The topological polar surface area (TPSA) is 17.3 Å². The summed E-state index contributed by atoms with van der Waals surface area (Å²) in [5.74, 6) is 0. The summed E-state index contributed by atoms with van der Waals surface area (Å²) in [5.41, 5.74) is 3.25. The Balaban J connectivity index is 2.01. The third-order valence-electron chi connectivity index (χ3n) is 3.12. The monoisotopic (exact) mass is 250 g/mol. The fraction of sp³-hybridized carbons (Fsp3) is 0. The molecular formula is C15H10N2S. The van der Waals surface area contributed by atoms with Crippen LogP contribution in [0.1, 0.15) is 0 Å². The molecular weight excluding hydrogens is 240 g/mol. The molecule has 1 aromatic carbocycles. The van der Waals surface area contributed by atoms with E-state index >= 15 is 0 Å². The van der Waals surface area contributed by atoms with E-state index in [1.165, 1.54) is 15.6 Å². The van der Waals surface area contributed by atoms with E-state index in [0.717, 1.165) is 11.3 Å². The van der Waals surface area contributed by atoms with Gasteiger partial charge in [-0.1, -0.05) is 24.3 Å². The van der Waals surface area contributed by atoms with Crippen molar-refractivity contribution in [1.29, 1.82) is 0 Å². The SMILES string of the molecule is c1ccc2c(-c3cn4ccccc4n3)csc2c1. The molecule has 0 saturated heterocycles. The van der Waals surface area contributed by atoms with Gasteiger partial charge in [-0.05, 0) is 18.2 Å². The number of pyridine rings is 1. The van der Waals surface area contributed by atoms with E-state index in [0.29, 0.717) is 0 Å². The first-order chi connectivity index (χ1) is 8.92. The van der Waals surface area contributed by atoms with Gasteiger partial charge in [0.1, 0.15) is 5.65 Å². The highest BCUT2D eigenvalue weighted by atomic mass is 32.1. The minimum atomic E-state index is 0.989. The molecule has 4 rings (SSSR count). The molecule has 0 N–H and O–H groups in total. The second kappa shape index (κ2) is 3.68. The predicted octanol–water partition coefficient (Wildman–Crippen LogP) is 4.22. The number of benzene rings is 1. The molecule has 0 spiro atoms. The van der Waals surface area contributed by atoms with Gasteiger partial charge in [-0.3, -0.25) is 0 Å². The van der Waals surface area contributed by atoms with E-state index in [2.05, 4.69) is 45.2 Å². The smallest absolute Gasteiger partial charge is 0.137 e. The molecule has 0 aliphatic carbocycles. The minimum Gasteiger partial charge on any atom is -0.306 e. The van der Waals surface area contributed by atoms with Crippen LogP contribution in [0.5, 0.6) is 0 Å². The molecule has 0 aliphatic rings. The van der Waals surface area contributed by atoms with Crippen LogP contribution < -0.4 is 0 Å². The summed E-state index contributed by atoms with van der Waals surface area (Å²) in [6.45, 7) is 0. The predicted molar refractivity (Wildman–Crippen MR) is 76.0 cm³/mol. The second-order valence-corrected chi connectivity index (χ2v) is 5.15. The minimum absolute atomic E-state index is 0.989. The lowest BCUT2D eigenvalue weighted by Crippen LogP contribution is -1.77. The van der Waals surface area contributed by atoms with Gasteiger partial charge in [0.15, 0.2) is 0 Å². The molecule has 86 valence electrons. The van der Waals surface area contributed by atoms with Gasteiger partial charge < -0.3 is 4.40 Å². The summed E-state index contributed by atoms with van der Waals surface area (Å²) in [5, 5.41) is 3.47. The molecule has 3 heteroatoms. The van der Waals surface area contributed by atoms with Gasteiger partial charge in [0.05, 0.1) is 5.69 Å². The summed E-state index contributed by atoms with van der Waals surface area (Å²) < 4.78 is 3.37. The zero-order valence-corrected chi connectivity index (χ0v) is 10.4. The average Bonchev–Trinajstić information content (AvgIpc) is 3.02. The lowest BCUT2D eigenvalue weighted by molar-refractivity contribution is 1.19. The molecule has 4 aromatic rings. The Morgan fingerprint density at radius 1 is 1.00 bits per heavy atom. The van der Waals surface area contributed by atoms with Gasteiger partial charge in [0.25, 0.3) is 0 Å². The molecule has 0 fully saturated rings.